The van der Waals surface area contributed by atoms with Crippen molar-refractivity contribution in [3.05, 3.63) is 70.8 Å². The molecule has 0 aliphatic carbocycles. The molecule has 4 amide bonds. The van der Waals surface area contributed by atoms with Crippen molar-refractivity contribution in [1.29, 1.82) is 0 Å². The Morgan fingerprint density at radius 3 is 1.59 bits per heavy atom. The number of rotatable bonds is 6. The van der Waals surface area contributed by atoms with Gasteiger partial charge in [0.2, 0.25) is 0 Å². The maximum absolute atomic E-state index is 12.5. The molecule has 0 bridgehead atoms. The predicted octanol–water partition coefficient (Wildman–Crippen LogP) is 1.81. The molecule has 146 valence electrons. The Hall–Kier alpha value is -3.81. The molecule has 2 aliphatic heterocycles. The molecule has 0 aromatic heterocycles. The zero-order valence-corrected chi connectivity index (χ0v) is 15.2. The number of benzene rings is 2. The van der Waals surface area contributed by atoms with Gasteiger partial charge in [-0.3, -0.25) is 29.0 Å². The molecule has 2 aromatic rings. The summed E-state index contributed by atoms with van der Waals surface area (Å²) in [4.78, 5) is 63.5. The third-order valence-corrected chi connectivity index (χ3v) is 5.16. The number of nitrogens with zero attached hydrogens (tertiary/aromatic N) is 2. The van der Waals surface area contributed by atoms with E-state index in [9.17, 15) is 29.1 Å². The minimum Gasteiger partial charge on any atom is -0.480 e. The van der Waals surface area contributed by atoms with Crippen molar-refractivity contribution in [2.24, 2.45) is 0 Å². The van der Waals surface area contributed by atoms with Crippen molar-refractivity contribution in [3.8, 4) is 0 Å². The minimum absolute atomic E-state index is 0.000698. The second kappa shape index (κ2) is 6.97. The quantitative estimate of drug-likeness (QED) is 0.751. The SMILES string of the molecule is O=C(O)[C@@H](CCCN1C(=O)c2ccccc2C1=O)N1C(=O)c2ccccc2C1=O. The molecule has 0 radical (unpaired) electrons. The fraction of sp³-hybridized carbons (Fsp3) is 0.190. The van der Waals surface area contributed by atoms with Gasteiger partial charge in [-0.25, -0.2) is 4.79 Å². The average molecular weight is 392 g/mol. The topological polar surface area (TPSA) is 112 Å². The van der Waals surface area contributed by atoms with E-state index in [4.69, 9.17) is 0 Å². The highest BCUT2D eigenvalue weighted by atomic mass is 16.4. The van der Waals surface area contributed by atoms with Gasteiger partial charge in [0, 0.05) is 6.54 Å². The maximum Gasteiger partial charge on any atom is 0.326 e. The van der Waals surface area contributed by atoms with Crippen LogP contribution in [-0.2, 0) is 4.79 Å². The average Bonchev–Trinajstić information content (AvgIpc) is 3.11. The van der Waals surface area contributed by atoms with Crippen molar-refractivity contribution < 1.29 is 29.1 Å². The van der Waals surface area contributed by atoms with Crippen LogP contribution in [0.5, 0.6) is 0 Å². The van der Waals surface area contributed by atoms with Gasteiger partial charge in [-0.2, -0.15) is 0 Å². The summed E-state index contributed by atoms with van der Waals surface area (Å²) in [6.07, 6.45) is 0.0596. The molecule has 0 unspecified atom stereocenters. The molecule has 0 saturated heterocycles. The van der Waals surface area contributed by atoms with Crippen LogP contribution in [0.15, 0.2) is 48.5 Å². The van der Waals surface area contributed by atoms with Crippen molar-refractivity contribution in [2.45, 2.75) is 18.9 Å². The monoisotopic (exact) mass is 392 g/mol. The van der Waals surface area contributed by atoms with E-state index in [0.717, 1.165) is 9.80 Å². The molecule has 8 heteroatoms. The van der Waals surface area contributed by atoms with Crippen LogP contribution in [0.2, 0.25) is 0 Å². The van der Waals surface area contributed by atoms with Crippen LogP contribution in [-0.4, -0.2) is 57.1 Å². The van der Waals surface area contributed by atoms with Crippen LogP contribution in [0.3, 0.4) is 0 Å². The number of aliphatic carboxylic acids is 1. The lowest BCUT2D eigenvalue weighted by molar-refractivity contribution is -0.141. The number of fused-ring (bicyclic) bond motifs is 2. The lowest BCUT2D eigenvalue weighted by Crippen LogP contribution is -2.45. The highest BCUT2D eigenvalue weighted by Crippen LogP contribution is 2.27. The zero-order chi connectivity index (χ0) is 20.7. The van der Waals surface area contributed by atoms with Gasteiger partial charge < -0.3 is 5.11 Å². The number of imide groups is 2. The minimum atomic E-state index is -1.38. The molecule has 0 fully saturated rings. The van der Waals surface area contributed by atoms with E-state index in [2.05, 4.69) is 0 Å². The second-order valence-corrected chi connectivity index (χ2v) is 6.83. The Morgan fingerprint density at radius 1 is 0.759 bits per heavy atom. The van der Waals surface area contributed by atoms with Gasteiger partial charge in [-0.1, -0.05) is 24.3 Å². The third kappa shape index (κ3) is 2.89. The number of hydrogen-bond acceptors (Lipinski definition) is 5. The van der Waals surface area contributed by atoms with E-state index in [0.29, 0.717) is 11.1 Å². The van der Waals surface area contributed by atoms with Crippen LogP contribution in [0.25, 0.3) is 0 Å². The van der Waals surface area contributed by atoms with Crippen molar-refractivity contribution in [2.75, 3.05) is 6.54 Å². The smallest absolute Gasteiger partial charge is 0.326 e. The Bertz CT molecular complexity index is 1010. The van der Waals surface area contributed by atoms with Crippen LogP contribution in [0, 0.1) is 0 Å². The predicted molar refractivity (Wildman–Crippen MR) is 99.4 cm³/mol. The molecule has 8 nitrogen and oxygen atoms in total. The number of amides is 4. The van der Waals surface area contributed by atoms with E-state index in [1.54, 1.807) is 36.4 Å². The summed E-state index contributed by atoms with van der Waals surface area (Å²) in [7, 11) is 0. The third-order valence-electron chi connectivity index (χ3n) is 5.16. The number of hydrogen-bond donors (Lipinski definition) is 1. The molecule has 29 heavy (non-hydrogen) atoms. The number of carboxylic acids is 1. The van der Waals surface area contributed by atoms with Gasteiger partial charge in [-0.15, -0.1) is 0 Å². The molecular formula is C21H16N2O6. The summed E-state index contributed by atoms with van der Waals surface area (Å²) in [5.41, 5.74) is 0.966. The normalized spacial score (nSPS) is 16.3. The lowest BCUT2D eigenvalue weighted by atomic mass is 10.1. The van der Waals surface area contributed by atoms with Crippen molar-refractivity contribution in [1.82, 2.24) is 9.80 Å². The molecule has 2 aromatic carbocycles. The highest BCUT2D eigenvalue weighted by Gasteiger charge is 2.43. The Labute approximate surface area is 165 Å². The van der Waals surface area contributed by atoms with E-state index in [-0.39, 0.29) is 30.5 Å². The lowest BCUT2D eigenvalue weighted by Gasteiger charge is -2.23. The van der Waals surface area contributed by atoms with E-state index in [1.165, 1.54) is 12.1 Å². The summed E-state index contributed by atoms with van der Waals surface area (Å²) < 4.78 is 0. The van der Waals surface area contributed by atoms with E-state index in [1.807, 2.05) is 0 Å². The number of carboxylic acid groups (broad SMARTS) is 1. The van der Waals surface area contributed by atoms with Crippen LogP contribution in [0.4, 0.5) is 0 Å². The maximum atomic E-state index is 12.5. The fourth-order valence-corrected chi connectivity index (χ4v) is 3.74. The van der Waals surface area contributed by atoms with E-state index >= 15 is 0 Å². The summed E-state index contributed by atoms with van der Waals surface area (Å²) in [6, 6.07) is 11.2. The molecule has 2 aliphatic rings. The summed E-state index contributed by atoms with van der Waals surface area (Å²) in [5, 5.41) is 9.59. The van der Waals surface area contributed by atoms with Crippen LogP contribution in [0.1, 0.15) is 54.3 Å². The first-order valence-corrected chi connectivity index (χ1v) is 9.06. The van der Waals surface area contributed by atoms with Crippen molar-refractivity contribution in [3.63, 3.8) is 0 Å². The first kappa shape index (κ1) is 18.5. The van der Waals surface area contributed by atoms with Gasteiger partial charge >= 0.3 is 5.97 Å². The first-order valence-electron chi connectivity index (χ1n) is 9.06. The fourth-order valence-electron chi connectivity index (χ4n) is 3.74. The molecular weight excluding hydrogens is 376 g/mol. The van der Waals surface area contributed by atoms with Crippen LogP contribution < -0.4 is 0 Å². The van der Waals surface area contributed by atoms with Gasteiger partial charge in [-0.05, 0) is 37.1 Å². The second-order valence-electron chi connectivity index (χ2n) is 6.83. The largest absolute Gasteiger partial charge is 0.480 e. The Kier molecular flexibility index (Phi) is 4.46. The van der Waals surface area contributed by atoms with Crippen molar-refractivity contribution >= 4 is 29.6 Å². The summed E-state index contributed by atoms with van der Waals surface area (Å²) >= 11 is 0. The molecule has 4 rings (SSSR count). The summed E-state index contributed by atoms with van der Waals surface area (Å²) in [6.45, 7) is -0.000698. The zero-order valence-electron chi connectivity index (χ0n) is 15.2. The molecule has 0 saturated carbocycles. The van der Waals surface area contributed by atoms with Gasteiger partial charge in [0.1, 0.15) is 6.04 Å². The summed E-state index contributed by atoms with van der Waals surface area (Å²) in [5.74, 6) is -3.49. The molecule has 0 spiro atoms. The van der Waals surface area contributed by atoms with Gasteiger partial charge in [0.15, 0.2) is 0 Å². The standard InChI is InChI=1S/C21H16N2O6/c24-17-12-6-1-2-7-13(12)18(25)22(17)11-5-10-16(21(28)29)23-19(26)14-8-3-4-9-15(14)20(23)27/h1-4,6-9,16H,5,10-11H2,(H,28,29)/t16-/m1/s1. The highest BCUT2D eigenvalue weighted by molar-refractivity contribution is 6.23. The Morgan fingerprint density at radius 2 is 1.17 bits per heavy atom. The van der Waals surface area contributed by atoms with Gasteiger partial charge in [0.25, 0.3) is 23.6 Å². The molecule has 1 N–H and O–H groups in total. The Balaban J connectivity index is 1.47. The number of carbonyl (C=O) groups excluding carboxylic acids is 4. The molecule has 1 atom stereocenters. The number of carbonyl (C=O) groups is 5. The van der Waals surface area contributed by atoms with Crippen LogP contribution >= 0.6 is 0 Å². The van der Waals surface area contributed by atoms with E-state index < -0.39 is 35.6 Å². The molecule has 2 heterocycles. The first-order chi connectivity index (χ1) is 13.9. The van der Waals surface area contributed by atoms with Gasteiger partial charge in [0.05, 0.1) is 22.3 Å².